The number of amides is 1. The fourth-order valence-electron chi connectivity index (χ4n) is 2.80. The Hall–Kier alpha value is -1.88. The minimum absolute atomic E-state index is 0.0497. The molecule has 0 unspecified atom stereocenters. The molecule has 22 heavy (non-hydrogen) atoms. The maximum Gasteiger partial charge on any atom is 0.255 e. The van der Waals surface area contributed by atoms with Crippen molar-refractivity contribution in [1.82, 2.24) is 14.9 Å². The molecule has 1 aliphatic rings. The van der Waals surface area contributed by atoms with Gasteiger partial charge in [0, 0.05) is 18.9 Å². The lowest BCUT2D eigenvalue weighted by atomic mass is 10.1. The third-order valence-electron chi connectivity index (χ3n) is 3.82. The molecule has 0 aliphatic carbocycles. The van der Waals surface area contributed by atoms with Gasteiger partial charge < -0.3 is 4.90 Å². The first-order chi connectivity index (χ1) is 10.8. The Kier molecular flexibility index (Phi) is 4.73. The Morgan fingerprint density at radius 1 is 1.32 bits per heavy atom. The summed E-state index contributed by atoms with van der Waals surface area (Å²) < 4.78 is 0. The summed E-state index contributed by atoms with van der Waals surface area (Å²) in [5.41, 5.74) is 1.63. The average molecular weight is 313 g/mol. The SMILES string of the molecule is CCSc1ccc(C(=O)N2CCC[C@@H]2c2ccccn2)cn1. The van der Waals surface area contributed by atoms with Crippen LogP contribution in [0, 0.1) is 0 Å². The first-order valence-electron chi connectivity index (χ1n) is 7.60. The molecule has 0 N–H and O–H groups in total. The third kappa shape index (κ3) is 3.14. The van der Waals surface area contributed by atoms with Gasteiger partial charge in [0.2, 0.25) is 0 Å². The molecule has 2 aromatic rings. The van der Waals surface area contributed by atoms with Crippen LogP contribution in [-0.2, 0) is 0 Å². The van der Waals surface area contributed by atoms with Gasteiger partial charge in [-0.05, 0) is 42.9 Å². The molecular formula is C17H19N3OS. The van der Waals surface area contributed by atoms with E-state index in [1.807, 2.05) is 35.2 Å². The number of carbonyl (C=O) groups excluding carboxylic acids is 1. The van der Waals surface area contributed by atoms with Gasteiger partial charge in [-0.15, -0.1) is 11.8 Å². The predicted molar refractivity (Wildman–Crippen MR) is 87.9 cm³/mol. The van der Waals surface area contributed by atoms with Gasteiger partial charge in [0.25, 0.3) is 5.91 Å². The van der Waals surface area contributed by atoms with E-state index < -0.39 is 0 Å². The Balaban J connectivity index is 1.78. The lowest BCUT2D eigenvalue weighted by Gasteiger charge is -2.24. The number of carbonyl (C=O) groups is 1. The number of rotatable bonds is 4. The van der Waals surface area contributed by atoms with Crippen molar-refractivity contribution in [2.75, 3.05) is 12.3 Å². The first-order valence-corrected chi connectivity index (χ1v) is 8.59. The van der Waals surface area contributed by atoms with Gasteiger partial charge in [-0.3, -0.25) is 9.78 Å². The van der Waals surface area contributed by atoms with Gasteiger partial charge in [-0.25, -0.2) is 4.98 Å². The van der Waals surface area contributed by atoms with Crippen molar-refractivity contribution in [2.24, 2.45) is 0 Å². The summed E-state index contributed by atoms with van der Waals surface area (Å²) in [5, 5.41) is 0.960. The van der Waals surface area contributed by atoms with Crippen LogP contribution in [0.15, 0.2) is 47.8 Å². The summed E-state index contributed by atoms with van der Waals surface area (Å²) >= 11 is 1.68. The van der Waals surface area contributed by atoms with Crippen LogP contribution in [-0.4, -0.2) is 33.1 Å². The van der Waals surface area contributed by atoms with Crippen LogP contribution in [0.25, 0.3) is 0 Å². The summed E-state index contributed by atoms with van der Waals surface area (Å²) in [6.45, 7) is 2.87. The second kappa shape index (κ2) is 6.92. The molecule has 3 heterocycles. The lowest BCUT2D eigenvalue weighted by Crippen LogP contribution is -2.31. The molecule has 2 aromatic heterocycles. The highest BCUT2D eigenvalue weighted by molar-refractivity contribution is 7.99. The van der Waals surface area contributed by atoms with Crippen molar-refractivity contribution in [2.45, 2.75) is 30.8 Å². The highest BCUT2D eigenvalue weighted by Crippen LogP contribution is 2.31. The zero-order valence-electron chi connectivity index (χ0n) is 12.6. The summed E-state index contributed by atoms with van der Waals surface area (Å²) in [5.74, 6) is 1.03. The maximum absolute atomic E-state index is 12.8. The Morgan fingerprint density at radius 3 is 2.91 bits per heavy atom. The number of pyridine rings is 2. The highest BCUT2D eigenvalue weighted by atomic mass is 32.2. The third-order valence-corrected chi connectivity index (χ3v) is 4.64. The average Bonchev–Trinajstić information content (AvgIpc) is 3.06. The van der Waals surface area contributed by atoms with Crippen LogP contribution in [0.5, 0.6) is 0 Å². The number of thioether (sulfide) groups is 1. The normalized spacial score (nSPS) is 17.7. The molecule has 1 aliphatic heterocycles. The number of hydrogen-bond donors (Lipinski definition) is 0. The van der Waals surface area contributed by atoms with Crippen molar-refractivity contribution >= 4 is 17.7 Å². The van der Waals surface area contributed by atoms with Crippen molar-refractivity contribution < 1.29 is 4.79 Å². The smallest absolute Gasteiger partial charge is 0.255 e. The first kappa shape index (κ1) is 15.0. The summed E-state index contributed by atoms with van der Waals surface area (Å²) in [7, 11) is 0. The van der Waals surface area contributed by atoms with E-state index in [2.05, 4.69) is 16.9 Å². The van der Waals surface area contributed by atoms with Crippen LogP contribution in [0.4, 0.5) is 0 Å². The van der Waals surface area contributed by atoms with E-state index in [1.54, 1.807) is 24.2 Å². The quantitative estimate of drug-likeness (QED) is 0.810. The van der Waals surface area contributed by atoms with Gasteiger partial charge in [0.1, 0.15) is 0 Å². The molecule has 0 bridgehead atoms. The molecule has 1 amide bonds. The maximum atomic E-state index is 12.8. The Morgan fingerprint density at radius 2 is 2.23 bits per heavy atom. The number of aromatic nitrogens is 2. The van der Waals surface area contributed by atoms with Crippen molar-refractivity contribution in [3.05, 3.63) is 54.0 Å². The minimum Gasteiger partial charge on any atom is -0.330 e. The molecule has 1 saturated heterocycles. The van der Waals surface area contributed by atoms with Gasteiger partial charge in [0.15, 0.2) is 0 Å². The molecule has 3 rings (SSSR count). The molecule has 0 saturated carbocycles. The predicted octanol–water partition coefficient (Wildman–Crippen LogP) is 3.57. The topological polar surface area (TPSA) is 46.1 Å². The zero-order valence-corrected chi connectivity index (χ0v) is 13.4. The fraction of sp³-hybridized carbons (Fsp3) is 0.353. The Labute approximate surface area is 135 Å². The van der Waals surface area contributed by atoms with E-state index >= 15 is 0 Å². The van der Waals surface area contributed by atoms with Crippen molar-refractivity contribution in [1.29, 1.82) is 0 Å². The van der Waals surface area contributed by atoms with E-state index in [4.69, 9.17) is 0 Å². The molecule has 4 nitrogen and oxygen atoms in total. The second-order valence-electron chi connectivity index (χ2n) is 5.23. The largest absolute Gasteiger partial charge is 0.330 e. The van der Waals surface area contributed by atoms with Gasteiger partial charge in [-0.1, -0.05) is 13.0 Å². The second-order valence-corrected chi connectivity index (χ2v) is 6.51. The lowest BCUT2D eigenvalue weighted by molar-refractivity contribution is 0.0732. The molecule has 114 valence electrons. The van der Waals surface area contributed by atoms with E-state index in [0.717, 1.165) is 35.9 Å². The summed E-state index contributed by atoms with van der Waals surface area (Å²) in [6.07, 6.45) is 5.47. The Bertz CT molecular complexity index is 630. The van der Waals surface area contributed by atoms with Gasteiger partial charge >= 0.3 is 0 Å². The van der Waals surface area contributed by atoms with E-state index in [9.17, 15) is 4.79 Å². The van der Waals surface area contributed by atoms with E-state index in [1.165, 1.54) is 0 Å². The van der Waals surface area contributed by atoms with Crippen molar-refractivity contribution in [3.63, 3.8) is 0 Å². The molecule has 5 heteroatoms. The summed E-state index contributed by atoms with van der Waals surface area (Å²) in [4.78, 5) is 23.4. The van der Waals surface area contributed by atoms with Crippen LogP contribution >= 0.6 is 11.8 Å². The molecular weight excluding hydrogens is 294 g/mol. The monoisotopic (exact) mass is 313 g/mol. The number of nitrogens with zero attached hydrogens (tertiary/aromatic N) is 3. The molecule has 0 aromatic carbocycles. The van der Waals surface area contributed by atoms with Gasteiger partial charge in [0.05, 0.1) is 22.3 Å². The van der Waals surface area contributed by atoms with Crippen LogP contribution in [0.2, 0.25) is 0 Å². The van der Waals surface area contributed by atoms with E-state index in [0.29, 0.717) is 5.56 Å². The molecule has 1 fully saturated rings. The number of likely N-dealkylation sites (tertiary alicyclic amines) is 1. The van der Waals surface area contributed by atoms with Crippen LogP contribution in [0.3, 0.4) is 0 Å². The molecule has 0 radical (unpaired) electrons. The molecule has 0 spiro atoms. The fourth-order valence-corrected chi connectivity index (χ4v) is 3.38. The zero-order chi connectivity index (χ0) is 15.4. The summed E-state index contributed by atoms with van der Waals surface area (Å²) in [6, 6.07) is 9.75. The standard InChI is InChI=1S/C17H19N3OS/c1-2-22-16-9-8-13(12-19-16)17(21)20-11-5-7-15(20)14-6-3-4-10-18-14/h3-4,6,8-10,12,15H,2,5,7,11H2,1H3/t15-/m1/s1. The minimum atomic E-state index is 0.0497. The van der Waals surface area contributed by atoms with Crippen molar-refractivity contribution in [3.8, 4) is 0 Å². The van der Waals surface area contributed by atoms with Crippen LogP contribution < -0.4 is 0 Å². The molecule has 1 atom stereocenters. The van der Waals surface area contributed by atoms with Crippen LogP contribution in [0.1, 0.15) is 41.9 Å². The highest BCUT2D eigenvalue weighted by Gasteiger charge is 2.31. The number of hydrogen-bond acceptors (Lipinski definition) is 4. The van der Waals surface area contributed by atoms with E-state index in [-0.39, 0.29) is 11.9 Å². The van der Waals surface area contributed by atoms with Gasteiger partial charge in [-0.2, -0.15) is 0 Å².